The van der Waals surface area contributed by atoms with Crippen LogP contribution in [-0.2, 0) is 0 Å². The van der Waals surface area contributed by atoms with E-state index in [1.165, 1.54) is 50.6 Å². The standard InChI is InChI=1S/C16H26N4.ClH/c1-12-18-15(13-6-5-9-17-11-13)10-16(19-12)20-14-7-3-2-4-8-14;/h10,13-14,17H,2-9,11H2,1H3,(H,18,19,20);1H. The molecular formula is C16H27ClN4. The lowest BCUT2D eigenvalue weighted by atomic mass is 9.94. The van der Waals surface area contributed by atoms with Crippen LogP contribution in [0.4, 0.5) is 5.82 Å². The Hall–Kier alpha value is -0.870. The number of halogens is 1. The summed E-state index contributed by atoms with van der Waals surface area (Å²) < 4.78 is 0. The van der Waals surface area contributed by atoms with Gasteiger partial charge >= 0.3 is 0 Å². The maximum Gasteiger partial charge on any atom is 0.130 e. The van der Waals surface area contributed by atoms with Crippen LogP contribution in [0.3, 0.4) is 0 Å². The number of aromatic nitrogens is 2. The third-order valence-electron chi connectivity index (χ3n) is 4.53. The van der Waals surface area contributed by atoms with Gasteiger partial charge in [-0.3, -0.25) is 0 Å². The minimum atomic E-state index is 0. The summed E-state index contributed by atoms with van der Waals surface area (Å²) in [6, 6.07) is 2.79. The number of anilines is 1. The van der Waals surface area contributed by atoms with E-state index >= 15 is 0 Å². The third kappa shape index (κ3) is 4.55. The molecule has 5 heteroatoms. The van der Waals surface area contributed by atoms with Crippen molar-refractivity contribution in [2.45, 2.75) is 63.8 Å². The van der Waals surface area contributed by atoms with Crippen LogP contribution in [0.25, 0.3) is 0 Å². The van der Waals surface area contributed by atoms with Crippen molar-refractivity contribution in [3.05, 3.63) is 17.6 Å². The van der Waals surface area contributed by atoms with Crippen LogP contribution in [-0.4, -0.2) is 29.1 Å². The number of nitrogens with one attached hydrogen (secondary N) is 2. The predicted octanol–water partition coefficient (Wildman–Crippen LogP) is 3.42. The zero-order chi connectivity index (χ0) is 13.8. The van der Waals surface area contributed by atoms with Crippen LogP contribution in [0.5, 0.6) is 0 Å². The highest BCUT2D eigenvalue weighted by atomic mass is 35.5. The van der Waals surface area contributed by atoms with Gasteiger partial charge in [0.25, 0.3) is 0 Å². The first kappa shape index (κ1) is 16.5. The second-order valence-corrected chi connectivity index (χ2v) is 6.25. The fourth-order valence-electron chi connectivity index (χ4n) is 3.43. The van der Waals surface area contributed by atoms with E-state index in [9.17, 15) is 0 Å². The molecule has 1 aromatic rings. The molecular weight excluding hydrogens is 284 g/mol. The summed E-state index contributed by atoms with van der Waals surface area (Å²) in [6.07, 6.45) is 9.14. The van der Waals surface area contributed by atoms with E-state index in [1.807, 2.05) is 6.92 Å². The molecule has 3 rings (SSSR count). The first-order valence-corrected chi connectivity index (χ1v) is 8.14. The van der Waals surface area contributed by atoms with Crippen LogP contribution in [0, 0.1) is 6.92 Å². The minimum Gasteiger partial charge on any atom is -0.367 e. The molecule has 2 N–H and O–H groups in total. The van der Waals surface area contributed by atoms with E-state index in [0.717, 1.165) is 24.7 Å². The van der Waals surface area contributed by atoms with E-state index in [2.05, 4.69) is 26.7 Å². The Morgan fingerprint density at radius 3 is 2.62 bits per heavy atom. The smallest absolute Gasteiger partial charge is 0.130 e. The molecule has 1 saturated heterocycles. The van der Waals surface area contributed by atoms with Crippen molar-refractivity contribution in [1.82, 2.24) is 15.3 Å². The Labute approximate surface area is 133 Å². The Morgan fingerprint density at radius 1 is 1.10 bits per heavy atom. The maximum atomic E-state index is 4.66. The Balaban J connectivity index is 0.00000161. The summed E-state index contributed by atoms with van der Waals surface area (Å²) in [7, 11) is 0. The summed E-state index contributed by atoms with van der Waals surface area (Å²) in [4.78, 5) is 9.24. The maximum absolute atomic E-state index is 4.66. The van der Waals surface area contributed by atoms with Gasteiger partial charge in [-0.15, -0.1) is 12.4 Å². The van der Waals surface area contributed by atoms with Crippen LogP contribution in [0.15, 0.2) is 6.07 Å². The fraction of sp³-hybridized carbons (Fsp3) is 0.750. The summed E-state index contributed by atoms with van der Waals surface area (Å²) in [5.41, 5.74) is 1.21. The zero-order valence-corrected chi connectivity index (χ0v) is 13.7. The fourth-order valence-corrected chi connectivity index (χ4v) is 3.43. The van der Waals surface area contributed by atoms with Crippen molar-refractivity contribution in [3.8, 4) is 0 Å². The van der Waals surface area contributed by atoms with Gasteiger partial charge in [0.15, 0.2) is 0 Å². The van der Waals surface area contributed by atoms with Crippen LogP contribution in [0.2, 0.25) is 0 Å². The third-order valence-corrected chi connectivity index (χ3v) is 4.53. The van der Waals surface area contributed by atoms with Gasteiger partial charge in [0.05, 0.1) is 5.69 Å². The van der Waals surface area contributed by atoms with E-state index < -0.39 is 0 Å². The van der Waals surface area contributed by atoms with Gasteiger partial charge in [0.1, 0.15) is 11.6 Å². The Morgan fingerprint density at radius 2 is 1.90 bits per heavy atom. The largest absolute Gasteiger partial charge is 0.367 e. The summed E-state index contributed by atoms with van der Waals surface area (Å²) >= 11 is 0. The van der Waals surface area contributed by atoms with Crippen molar-refractivity contribution in [3.63, 3.8) is 0 Å². The van der Waals surface area contributed by atoms with E-state index in [0.29, 0.717) is 12.0 Å². The summed E-state index contributed by atoms with van der Waals surface area (Å²) in [5, 5.41) is 7.10. The monoisotopic (exact) mass is 310 g/mol. The van der Waals surface area contributed by atoms with Crippen molar-refractivity contribution in [1.29, 1.82) is 0 Å². The quantitative estimate of drug-likeness (QED) is 0.898. The van der Waals surface area contributed by atoms with Gasteiger partial charge in [-0.05, 0) is 39.2 Å². The molecule has 0 spiro atoms. The summed E-state index contributed by atoms with van der Waals surface area (Å²) in [6.45, 7) is 4.21. The topological polar surface area (TPSA) is 49.8 Å². The number of aryl methyl sites for hydroxylation is 1. The van der Waals surface area contributed by atoms with Crippen molar-refractivity contribution < 1.29 is 0 Å². The molecule has 1 saturated carbocycles. The van der Waals surface area contributed by atoms with E-state index in [-0.39, 0.29) is 12.4 Å². The molecule has 21 heavy (non-hydrogen) atoms. The average molecular weight is 311 g/mol. The second kappa shape index (κ2) is 7.95. The Bertz CT molecular complexity index is 440. The number of hydrogen-bond donors (Lipinski definition) is 2. The normalized spacial score (nSPS) is 23.4. The summed E-state index contributed by atoms with van der Waals surface area (Å²) in [5.74, 6) is 2.48. The van der Waals surface area contributed by atoms with Gasteiger partial charge in [0, 0.05) is 24.6 Å². The highest BCUT2D eigenvalue weighted by Gasteiger charge is 2.19. The molecule has 2 heterocycles. The van der Waals surface area contributed by atoms with Crippen LogP contribution in [0.1, 0.15) is 62.4 Å². The second-order valence-electron chi connectivity index (χ2n) is 6.25. The average Bonchev–Trinajstić information content (AvgIpc) is 2.49. The van der Waals surface area contributed by atoms with Gasteiger partial charge in [-0.2, -0.15) is 0 Å². The molecule has 0 amide bonds. The molecule has 2 aliphatic rings. The van der Waals surface area contributed by atoms with Gasteiger partial charge in [0.2, 0.25) is 0 Å². The molecule has 0 radical (unpaired) electrons. The highest BCUT2D eigenvalue weighted by Crippen LogP contribution is 2.25. The zero-order valence-electron chi connectivity index (χ0n) is 12.9. The molecule has 1 atom stereocenters. The highest BCUT2D eigenvalue weighted by molar-refractivity contribution is 5.85. The molecule has 0 bridgehead atoms. The molecule has 1 unspecified atom stereocenters. The van der Waals surface area contributed by atoms with E-state index in [1.54, 1.807) is 0 Å². The number of hydrogen-bond acceptors (Lipinski definition) is 4. The SMILES string of the molecule is Cc1nc(NC2CCCCC2)cc(C2CCCNC2)n1.Cl. The molecule has 1 aliphatic heterocycles. The number of nitrogens with zero attached hydrogens (tertiary/aromatic N) is 2. The lowest BCUT2D eigenvalue weighted by Crippen LogP contribution is -2.29. The number of rotatable bonds is 3. The van der Waals surface area contributed by atoms with Gasteiger partial charge in [-0.1, -0.05) is 19.3 Å². The minimum absolute atomic E-state index is 0. The first-order chi connectivity index (χ1) is 9.81. The van der Waals surface area contributed by atoms with Crippen molar-refractivity contribution in [2.24, 2.45) is 0 Å². The number of piperidine rings is 1. The molecule has 4 nitrogen and oxygen atoms in total. The molecule has 0 aromatic carbocycles. The van der Waals surface area contributed by atoms with Crippen molar-refractivity contribution in [2.75, 3.05) is 18.4 Å². The van der Waals surface area contributed by atoms with Crippen molar-refractivity contribution >= 4 is 18.2 Å². The molecule has 2 fully saturated rings. The Kier molecular flexibility index (Phi) is 6.24. The van der Waals surface area contributed by atoms with Crippen LogP contribution < -0.4 is 10.6 Å². The van der Waals surface area contributed by atoms with Gasteiger partial charge < -0.3 is 10.6 Å². The lowest BCUT2D eigenvalue weighted by molar-refractivity contribution is 0.452. The predicted molar refractivity (Wildman–Crippen MR) is 89.4 cm³/mol. The molecule has 118 valence electrons. The lowest BCUT2D eigenvalue weighted by Gasteiger charge is -2.25. The van der Waals surface area contributed by atoms with E-state index in [4.69, 9.17) is 0 Å². The molecule has 1 aromatic heterocycles. The first-order valence-electron chi connectivity index (χ1n) is 8.14. The van der Waals surface area contributed by atoms with Gasteiger partial charge in [-0.25, -0.2) is 9.97 Å². The molecule has 1 aliphatic carbocycles. The van der Waals surface area contributed by atoms with Crippen LogP contribution >= 0.6 is 12.4 Å².